The Morgan fingerprint density at radius 2 is 2.08 bits per heavy atom. The van der Waals surface area contributed by atoms with Gasteiger partial charge in [0, 0.05) is 23.0 Å². The molecule has 2 heterocycles. The molecule has 0 fully saturated rings. The number of nitrogens with zero attached hydrogens (tertiary/aromatic N) is 4. The van der Waals surface area contributed by atoms with Crippen LogP contribution >= 0.6 is 34.7 Å². The van der Waals surface area contributed by atoms with Gasteiger partial charge in [-0.05, 0) is 19.1 Å². The van der Waals surface area contributed by atoms with Crippen molar-refractivity contribution in [2.24, 2.45) is 7.05 Å². The summed E-state index contributed by atoms with van der Waals surface area (Å²) in [5.74, 6) is 0.935. The number of thiazole rings is 1. The zero-order valence-corrected chi connectivity index (χ0v) is 15.4. The van der Waals surface area contributed by atoms with E-state index in [-0.39, 0.29) is 11.7 Å². The first kappa shape index (κ1) is 16.9. The van der Waals surface area contributed by atoms with Crippen molar-refractivity contribution in [3.63, 3.8) is 0 Å². The zero-order valence-electron chi connectivity index (χ0n) is 13.0. The van der Waals surface area contributed by atoms with Crippen molar-refractivity contribution in [2.45, 2.75) is 12.1 Å². The molecule has 0 spiro atoms. The lowest BCUT2D eigenvalue weighted by Crippen LogP contribution is -2.14. The van der Waals surface area contributed by atoms with Crippen molar-refractivity contribution in [2.75, 3.05) is 11.1 Å². The summed E-state index contributed by atoms with van der Waals surface area (Å²) in [7, 11) is 1.87. The maximum Gasteiger partial charge on any atom is 0.236 e. The number of nitrogens with one attached hydrogen (secondary N) is 1. The highest BCUT2D eigenvalue weighted by Crippen LogP contribution is 2.26. The van der Waals surface area contributed by atoms with Gasteiger partial charge in [0.15, 0.2) is 10.3 Å². The molecule has 0 unspecified atom stereocenters. The summed E-state index contributed by atoms with van der Waals surface area (Å²) in [6.07, 6.45) is 0. The molecule has 9 heteroatoms. The van der Waals surface area contributed by atoms with Crippen LogP contribution in [0.15, 0.2) is 34.8 Å². The van der Waals surface area contributed by atoms with Crippen LogP contribution in [0.2, 0.25) is 5.02 Å². The van der Waals surface area contributed by atoms with E-state index in [4.69, 9.17) is 11.6 Å². The molecular weight excluding hydrogens is 366 g/mol. The largest absolute Gasteiger partial charge is 0.309 e. The van der Waals surface area contributed by atoms with Crippen LogP contribution in [0.4, 0.5) is 5.13 Å². The van der Waals surface area contributed by atoms with Crippen LogP contribution in [0.3, 0.4) is 0 Å². The van der Waals surface area contributed by atoms with Crippen molar-refractivity contribution < 1.29 is 4.79 Å². The van der Waals surface area contributed by atoms with Crippen LogP contribution in [0.25, 0.3) is 11.3 Å². The Balaban J connectivity index is 1.59. The molecular formula is C15H14ClN5OS2. The molecule has 0 aliphatic rings. The number of anilines is 1. The highest BCUT2D eigenvalue weighted by Gasteiger charge is 2.11. The predicted molar refractivity (Wildman–Crippen MR) is 97.7 cm³/mol. The van der Waals surface area contributed by atoms with E-state index >= 15 is 0 Å². The molecule has 1 amide bonds. The fraction of sp³-hybridized carbons (Fsp3) is 0.200. The highest BCUT2D eigenvalue weighted by atomic mass is 35.5. The van der Waals surface area contributed by atoms with Gasteiger partial charge >= 0.3 is 0 Å². The predicted octanol–water partition coefficient (Wildman–Crippen LogP) is 3.63. The Morgan fingerprint density at radius 3 is 2.75 bits per heavy atom. The summed E-state index contributed by atoms with van der Waals surface area (Å²) in [5, 5.41) is 14.6. The van der Waals surface area contributed by atoms with Gasteiger partial charge in [0.05, 0.1) is 11.4 Å². The van der Waals surface area contributed by atoms with Crippen molar-refractivity contribution >= 4 is 45.7 Å². The molecule has 0 saturated heterocycles. The number of aromatic nitrogens is 4. The van der Waals surface area contributed by atoms with Crippen molar-refractivity contribution in [3.8, 4) is 11.3 Å². The van der Waals surface area contributed by atoms with E-state index in [0.717, 1.165) is 17.1 Å². The number of hydrogen-bond acceptors (Lipinski definition) is 6. The summed E-state index contributed by atoms with van der Waals surface area (Å²) in [4.78, 5) is 16.5. The molecule has 0 saturated carbocycles. The first-order chi connectivity index (χ1) is 11.5. The van der Waals surface area contributed by atoms with E-state index < -0.39 is 0 Å². The molecule has 1 aromatic carbocycles. The number of carbonyl (C=O) groups excluding carboxylic acids is 1. The molecule has 0 aliphatic heterocycles. The maximum atomic E-state index is 12.1. The second kappa shape index (κ2) is 7.33. The molecule has 2 aromatic heterocycles. The Hall–Kier alpha value is -1.90. The number of rotatable bonds is 5. The minimum atomic E-state index is -0.127. The second-order valence-electron chi connectivity index (χ2n) is 4.97. The molecule has 0 atom stereocenters. The van der Waals surface area contributed by atoms with Crippen molar-refractivity contribution in [1.82, 2.24) is 19.7 Å². The molecule has 3 aromatic rings. The monoisotopic (exact) mass is 379 g/mol. The van der Waals surface area contributed by atoms with Gasteiger partial charge in [-0.2, -0.15) is 0 Å². The lowest BCUT2D eigenvalue weighted by Gasteiger charge is -2.02. The topological polar surface area (TPSA) is 72.7 Å². The third-order valence-corrected chi connectivity index (χ3v) is 5.31. The Labute approximate surface area is 152 Å². The quantitative estimate of drug-likeness (QED) is 0.685. The molecule has 124 valence electrons. The molecule has 0 bridgehead atoms. The van der Waals surface area contributed by atoms with Gasteiger partial charge in [0.2, 0.25) is 5.91 Å². The lowest BCUT2D eigenvalue weighted by molar-refractivity contribution is -0.113. The third-order valence-electron chi connectivity index (χ3n) is 3.28. The molecule has 0 radical (unpaired) electrons. The van der Waals surface area contributed by atoms with E-state index in [9.17, 15) is 4.79 Å². The highest BCUT2D eigenvalue weighted by molar-refractivity contribution is 7.99. The van der Waals surface area contributed by atoms with Gasteiger partial charge in [-0.25, -0.2) is 4.98 Å². The van der Waals surface area contributed by atoms with Crippen LogP contribution in [0, 0.1) is 6.92 Å². The van der Waals surface area contributed by atoms with Crippen molar-refractivity contribution in [3.05, 3.63) is 40.5 Å². The lowest BCUT2D eigenvalue weighted by atomic mass is 10.2. The normalized spacial score (nSPS) is 10.8. The minimum absolute atomic E-state index is 0.127. The van der Waals surface area contributed by atoms with Gasteiger partial charge in [-0.3, -0.25) is 4.79 Å². The van der Waals surface area contributed by atoms with Gasteiger partial charge in [0.1, 0.15) is 5.82 Å². The van der Waals surface area contributed by atoms with E-state index in [1.807, 2.05) is 48.2 Å². The molecule has 0 aliphatic carbocycles. The minimum Gasteiger partial charge on any atom is -0.309 e. The number of amides is 1. The Kier molecular flexibility index (Phi) is 5.17. The van der Waals surface area contributed by atoms with Gasteiger partial charge in [-0.15, -0.1) is 21.5 Å². The van der Waals surface area contributed by atoms with Crippen LogP contribution in [-0.4, -0.2) is 31.4 Å². The van der Waals surface area contributed by atoms with Gasteiger partial charge in [0.25, 0.3) is 0 Å². The maximum absolute atomic E-state index is 12.1. The molecule has 1 N–H and O–H groups in total. The van der Waals surface area contributed by atoms with Crippen LogP contribution in [-0.2, 0) is 11.8 Å². The number of hydrogen-bond donors (Lipinski definition) is 1. The average molecular weight is 380 g/mol. The summed E-state index contributed by atoms with van der Waals surface area (Å²) >= 11 is 8.61. The summed E-state index contributed by atoms with van der Waals surface area (Å²) < 4.78 is 1.85. The standard InChI is InChI=1S/C15H14ClN5OS2/c1-9-19-20-15(21(9)2)24-8-13(22)18-14-17-12(7-23-14)10-3-5-11(16)6-4-10/h3-7H,8H2,1-2H3,(H,17,18,22). The third kappa shape index (κ3) is 3.95. The van der Waals surface area contributed by atoms with E-state index in [2.05, 4.69) is 20.5 Å². The number of halogens is 1. The van der Waals surface area contributed by atoms with E-state index in [1.54, 1.807) is 0 Å². The average Bonchev–Trinajstić information content (AvgIpc) is 3.15. The summed E-state index contributed by atoms with van der Waals surface area (Å²) in [6.45, 7) is 1.87. The van der Waals surface area contributed by atoms with Crippen molar-refractivity contribution in [1.29, 1.82) is 0 Å². The molecule has 3 rings (SSSR count). The molecule has 24 heavy (non-hydrogen) atoms. The van der Waals surface area contributed by atoms with E-state index in [0.29, 0.717) is 15.3 Å². The fourth-order valence-corrected chi connectivity index (χ4v) is 3.50. The van der Waals surface area contributed by atoms with Gasteiger partial charge < -0.3 is 9.88 Å². The van der Waals surface area contributed by atoms with Crippen LogP contribution < -0.4 is 5.32 Å². The smallest absolute Gasteiger partial charge is 0.236 e. The van der Waals surface area contributed by atoms with E-state index in [1.165, 1.54) is 23.1 Å². The summed E-state index contributed by atoms with van der Waals surface area (Å²) in [6, 6.07) is 7.42. The Bertz CT molecular complexity index is 859. The number of thioether (sulfide) groups is 1. The summed E-state index contributed by atoms with van der Waals surface area (Å²) in [5.41, 5.74) is 1.77. The van der Waals surface area contributed by atoms with Crippen LogP contribution in [0.5, 0.6) is 0 Å². The first-order valence-electron chi connectivity index (χ1n) is 7.03. The SMILES string of the molecule is Cc1nnc(SCC(=O)Nc2nc(-c3ccc(Cl)cc3)cs2)n1C. The number of aryl methyl sites for hydroxylation is 1. The first-order valence-corrected chi connectivity index (χ1v) is 9.27. The zero-order chi connectivity index (χ0) is 17.1. The number of carbonyl (C=O) groups is 1. The second-order valence-corrected chi connectivity index (χ2v) is 7.21. The van der Waals surface area contributed by atoms with Gasteiger partial charge in [-0.1, -0.05) is 35.5 Å². The Morgan fingerprint density at radius 1 is 1.33 bits per heavy atom. The fourth-order valence-electron chi connectivity index (χ4n) is 1.88. The van der Waals surface area contributed by atoms with Crippen LogP contribution in [0.1, 0.15) is 5.82 Å². The number of benzene rings is 1. The molecule has 6 nitrogen and oxygen atoms in total.